The van der Waals surface area contributed by atoms with E-state index in [0.29, 0.717) is 12.8 Å². The molecular weight excluding hydrogens is 262 g/mol. The van der Waals surface area contributed by atoms with Crippen molar-refractivity contribution in [3.63, 3.8) is 0 Å². The predicted octanol–water partition coefficient (Wildman–Crippen LogP) is 3.76. The van der Waals surface area contributed by atoms with Crippen LogP contribution in [0, 0.1) is 11.8 Å². The summed E-state index contributed by atoms with van der Waals surface area (Å²) in [5, 5.41) is 3.71. The Kier molecular flexibility index (Phi) is 4.69. The monoisotopic (exact) mass is 289 g/mol. The van der Waals surface area contributed by atoms with E-state index in [4.69, 9.17) is 9.47 Å². The first kappa shape index (κ1) is 14.7. The SMILES string of the molecule is CC1CCC(CNC(C)CCc2ccc3c(c2)OCO3)C1. The lowest BCUT2D eigenvalue weighted by Gasteiger charge is -2.17. The number of aryl methyl sites for hydroxylation is 1. The van der Waals surface area contributed by atoms with Crippen LogP contribution >= 0.6 is 0 Å². The second-order valence-electron chi connectivity index (χ2n) is 6.82. The molecule has 1 heterocycles. The van der Waals surface area contributed by atoms with Crippen LogP contribution in [0.25, 0.3) is 0 Å². The molecule has 116 valence electrons. The molecule has 3 unspecified atom stereocenters. The van der Waals surface area contributed by atoms with Crippen molar-refractivity contribution in [3.8, 4) is 11.5 Å². The first-order chi connectivity index (χ1) is 10.2. The Balaban J connectivity index is 1.40. The zero-order valence-electron chi connectivity index (χ0n) is 13.2. The molecule has 1 aromatic carbocycles. The molecule has 0 radical (unpaired) electrons. The third kappa shape index (κ3) is 3.91. The number of rotatable bonds is 6. The van der Waals surface area contributed by atoms with E-state index in [1.165, 1.54) is 37.8 Å². The highest BCUT2D eigenvalue weighted by Gasteiger charge is 2.21. The quantitative estimate of drug-likeness (QED) is 0.865. The van der Waals surface area contributed by atoms with Gasteiger partial charge < -0.3 is 14.8 Å². The predicted molar refractivity (Wildman–Crippen MR) is 84.9 cm³/mol. The normalized spacial score (nSPS) is 25.2. The third-order valence-electron chi connectivity index (χ3n) is 4.86. The van der Waals surface area contributed by atoms with Gasteiger partial charge in [0.25, 0.3) is 0 Å². The van der Waals surface area contributed by atoms with Gasteiger partial charge in [0.2, 0.25) is 6.79 Å². The minimum absolute atomic E-state index is 0.358. The molecule has 1 saturated carbocycles. The lowest BCUT2D eigenvalue weighted by molar-refractivity contribution is 0.174. The van der Waals surface area contributed by atoms with Gasteiger partial charge in [-0.1, -0.05) is 19.4 Å². The van der Waals surface area contributed by atoms with Gasteiger partial charge in [0.1, 0.15) is 0 Å². The molecule has 0 aromatic heterocycles. The molecule has 3 nitrogen and oxygen atoms in total. The van der Waals surface area contributed by atoms with Crippen molar-refractivity contribution in [1.29, 1.82) is 0 Å². The average Bonchev–Trinajstić information content (AvgIpc) is 3.10. The Morgan fingerprint density at radius 2 is 2.10 bits per heavy atom. The van der Waals surface area contributed by atoms with Gasteiger partial charge in [0, 0.05) is 6.04 Å². The molecule has 0 saturated heterocycles. The van der Waals surface area contributed by atoms with Crippen LogP contribution in [-0.4, -0.2) is 19.4 Å². The second-order valence-corrected chi connectivity index (χ2v) is 6.82. The molecule has 1 fully saturated rings. The molecule has 3 atom stereocenters. The Labute approximate surface area is 128 Å². The maximum Gasteiger partial charge on any atom is 0.231 e. The van der Waals surface area contributed by atoms with Crippen LogP contribution in [0.5, 0.6) is 11.5 Å². The maximum absolute atomic E-state index is 5.43. The second kappa shape index (κ2) is 6.69. The molecular formula is C18H27NO2. The average molecular weight is 289 g/mol. The van der Waals surface area contributed by atoms with Crippen LogP contribution in [0.1, 0.15) is 45.1 Å². The summed E-state index contributed by atoms with van der Waals surface area (Å²) in [7, 11) is 0. The lowest BCUT2D eigenvalue weighted by atomic mass is 10.0. The summed E-state index contributed by atoms with van der Waals surface area (Å²) < 4.78 is 10.8. The minimum Gasteiger partial charge on any atom is -0.454 e. The van der Waals surface area contributed by atoms with Crippen molar-refractivity contribution in [1.82, 2.24) is 5.32 Å². The van der Waals surface area contributed by atoms with E-state index in [1.807, 2.05) is 6.07 Å². The summed E-state index contributed by atoms with van der Waals surface area (Å²) in [5.41, 5.74) is 1.34. The van der Waals surface area contributed by atoms with Gasteiger partial charge in [-0.25, -0.2) is 0 Å². The Morgan fingerprint density at radius 1 is 1.24 bits per heavy atom. The summed E-state index contributed by atoms with van der Waals surface area (Å²) in [6.45, 7) is 6.22. The van der Waals surface area contributed by atoms with E-state index >= 15 is 0 Å². The van der Waals surface area contributed by atoms with Crippen molar-refractivity contribution in [2.24, 2.45) is 11.8 Å². The highest BCUT2D eigenvalue weighted by Crippen LogP contribution is 2.33. The summed E-state index contributed by atoms with van der Waals surface area (Å²) in [4.78, 5) is 0. The fraction of sp³-hybridized carbons (Fsp3) is 0.667. The molecule has 3 heteroatoms. The molecule has 2 aliphatic rings. The van der Waals surface area contributed by atoms with Crippen molar-refractivity contribution >= 4 is 0 Å². The summed E-state index contributed by atoms with van der Waals surface area (Å²) in [6.07, 6.45) is 6.48. The number of ether oxygens (including phenoxy) is 2. The molecule has 21 heavy (non-hydrogen) atoms. The van der Waals surface area contributed by atoms with Crippen molar-refractivity contribution < 1.29 is 9.47 Å². The Hall–Kier alpha value is -1.22. The van der Waals surface area contributed by atoms with Crippen molar-refractivity contribution in [2.75, 3.05) is 13.3 Å². The van der Waals surface area contributed by atoms with Gasteiger partial charge in [-0.05, 0) is 68.7 Å². The van der Waals surface area contributed by atoms with Crippen LogP contribution < -0.4 is 14.8 Å². The van der Waals surface area contributed by atoms with E-state index in [2.05, 4.69) is 31.3 Å². The summed E-state index contributed by atoms with van der Waals surface area (Å²) >= 11 is 0. The molecule has 3 rings (SSSR count). The van der Waals surface area contributed by atoms with E-state index in [1.54, 1.807) is 0 Å². The van der Waals surface area contributed by atoms with Gasteiger partial charge in [-0.2, -0.15) is 0 Å². The zero-order valence-corrected chi connectivity index (χ0v) is 13.2. The van der Waals surface area contributed by atoms with E-state index < -0.39 is 0 Å². The molecule has 0 bridgehead atoms. The van der Waals surface area contributed by atoms with Gasteiger partial charge in [-0.15, -0.1) is 0 Å². The summed E-state index contributed by atoms with van der Waals surface area (Å²) in [6, 6.07) is 6.87. The molecule has 1 aliphatic heterocycles. The maximum atomic E-state index is 5.43. The minimum atomic E-state index is 0.358. The molecule has 1 aromatic rings. The van der Waals surface area contributed by atoms with Crippen molar-refractivity contribution in [3.05, 3.63) is 23.8 Å². The smallest absolute Gasteiger partial charge is 0.231 e. The van der Waals surface area contributed by atoms with Crippen LogP contribution in [0.3, 0.4) is 0 Å². The van der Waals surface area contributed by atoms with Crippen molar-refractivity contribution in [2.45, 2.75) is 52.0 Å². The molecule has 1 N–H and O–H groups in total. The van der Waals surface area contributed by atoms with Crippen LogP contribution in [0.15, 0.2) is 18.2 Å². The number of nitrogens with one attached hydrogen (secondary N) is 1. The van der Waals surface area contributed by atoms with Gasteiger partial charge in [0.15, 0.2) is 11.5 Å². The fourth-order valence-electron chi connectivity index (χ4n) is 3.46. The number of hydrogen-bond acceptors (Lipinski definition) is 3. The Morgan fingerprint density at radius 3 is 2.90 bits per heavy atom. The van der Waals surface area contributed by atoms with Gasteiger partial charge in [0.05, 0.1) is 0 Å². The van der Waals surface area contributed by atoms with Gasteiger partial charge in [-0.3, -0.25) is 0 Å². The number of hydrogen-bond donors (Lipinski definition) is 1. The van der Waals surface area contributed by atoms with Gasteiger partial charge >= 0.3 is 0 Å². The number of fused-ring (bicyclic) bond motifs is 1. The zero-order chi connectivity index (χ0) is 14.7. The van der Waals surface area contributed by atoms with E-state index in [9.17, 15) is 0 Å². The first-order valence-electron chi connectivity index (χ1n) is 8.32. The topological polar surface area (TPSA) is 30.5 Å². The third-order valence-corrected chi connectivity index (χ3v) is 4.86. The standard InChI is InChI=1S/C18H27NO2/c1-13-3-5-16(9-13)11-19-14(2)4-6-15-7-8-17-18(10-15)21-12-20-17/h7-8,10,13-14,16,19H,3-6,9,11-12H2,1-2H3. The highest BCUT2D eigenvalue weighted by atomic mass is 16.7. The van der Waals surface area contributed by atoms with E-state index in [0.717, 1.165) is 29.8 Å². The van der Waals surface area contributed by atoms with E-state index in [-0.39, 0.29) is 0 Å². The fourth-order valence-corrected chi connectivity index (χ4v) is 3.46. The molecule has 1 aliphatic carbocycles. The largest absolute Gasteiger partial charge is 0.454 e. The van der Waals surface area contributed by atoms with Crippen LogP contribution in [0.2, 0.25) is 0 Å². The lowest BCUT2D eigenvalue weighted by Crippen LogP contribution is -2.30. The molecule has 0 spiro atoms. The summed E-state index contributed by atoms with van der Waals surface area (Å²) in [5.74, 6) is 3.60. The van der Waals surface area contributed by atoms with Crippen LogP contribution in [-0.2, 0) is 6.42 Å². The Bertz CT molecular complexity index is 474. The highest BCUT2D eigenvalue weighted by molar-refractivity contribution is 5.44. The number of benzene rings is 1. The molecule has 0 amide bonds. The van der Waals surface area contributed by atoms with Crippen LogP contribution in [0.4, 0.5) is 0 Å². The first-order valence-corrected chi connectivity index (χ1v) is 8.32.